The number of likely N-dealkylation sites (N-methyl/N-ethyl adjacent to an activating group) is 1. The maximum absolute atomic E-state index is 11.9. The average Bonchev–Trinajstić information content (AvgIpc) is 2.51. The molecule has 1 saturated heterocycles. The highest BCUT2D eigenvalue weighted by Crippen LogP contribution is 2.42. The van der Waals surface area contributed by atoms with Gasteiger partial charge in [0.05, 0.1) is 0 Å². The van der Waals surface area contributed by atoms with Crippen LogP contribution in [0.5, 0.6) is 0 Å². The van der Waals surface area contributed by atoms with Gasteiger partial charge in [-0.15, -0.1) is 24.0 Å². The van der Waals surface area contributed by atoms with E-state index < -0.39 is 0 Å². The van der Waals surface area contributed by atoms with E-state index in [0.29, 0.717) is 10.8 Å². The van der Waals surface area contributed by atoms with Gasteiger partial charge in [0.1, 0.15) is 6.54 Å². The maximum Gasteiger partial charge on any atom is 0.243 e. The molecule has 1 amide bonds. The summed E-state index contributed by atoms with van der Waals surface area (Å²) in [5, 5.41) is 3.46. The summed E-state index contributed by atoms with van der Waals surface area (Å²) in [6.07, 6.45) is 6.72. The van der Waals surface area contributed by atoms with Gasteiger partial charge in [0.25, 0.3) is 0 Å². The van der Waals surface area contributed by atoms with Crippen molar-refractivity contribution in [3.63, 3.8) is 0 Å². The molecule has 5 nitrogen and oxygen atoms in total. The van der Waals surface area contributed by atoms with Crippen molar-refractivity contribution < 1.29 is 4.79 Å². The molecule has 0 aromatic heterocycles. The molecule has 0 atom stereocenters. The monoisotopic (exact) mass is 468 g/mol. The number of halogens is 1. The summed E-state index contributed by atoms with van der Waals surface area (Å²) in [5.74, 6) is 2.10. The van der Waals surface area contributed by atoms with Gasteiger partial charge in [-0.3, -0.25) is 4.79 Å². The smallest absolute Gasteiger partial charge is 0.243 e. The van der Waals surface area contributed by atoms with Gasteiger partial charge >= 0.3 is 0 Å². The lowest BCUT2D eigenvalue weighted by atomic mass is 9.87. The first-order valence-corrected chi connectivity index (χ1v) is 9.80. The van der Waals surface area contributed by atoms with E-state index in [2.05, 4.69) is 40.8 Å². The SMILES string of the molecule is CC(C)NC(=NCC(=O)N(C)C)N1CCSC2(CCCCC2)C1.I. The molecular formula is C17H33IN4OS. The van der Waals surface area contributed by atoms with Crippen LogP contribution in [0.25, 0.3) is 0 Å². The summed E-state index contributed by atoms with van der Waals surface area (Å²) in [5.41, 5.74) is 0. The molecule has 0 radical (unpaired) electrons. The molecule has 140 valence electrons. The lowest BCUT2D eigenvalue weighted by Gasteiger charge is -2.45. The third kappa shape index (κ3) is 6.28. The van der Waals surface area contributed by atoms with Gasteiger partial charge in [0, 0.05) is 43.7 Å². The molecule has 1 aliphatic carbocycles. The second-order valence-electron chi connectivity index (χ2n) is 7.24. The van der Waals surface area contributed by atoms with Crippen LogP contribution in [0.15, 0.2) is 4.99 Å². The van der Waals surface area contributed by atoms with Crippen LogP contribution in [-0.2, 0) is 4.79 Å². The molecule has 1 heterocycles. The fourth-order valence-corrected chi connectivity index (χ4v) is 4.87. The Morgan fingerprint density at radius 3 is 2.54 bits per heavy atom. The Bertz CT molecular complexity index is 431. The molecule has 24 heavy (non-hydrogen) atoms. The first kappa shape index (κ1) is 21.9. The third-order valence-electron chi connectivity index (χ3n) is 4.59. The predicted octanol–water partition coefficient (Wildman–Crippen LogP) is 2.80. The van der Waals surface area contributed by atoms with E-state index in [-0.39, 0.29) is 36.4 Å². The van der Waals surface area contributed by atoms with Crippen molar-refractivity contribution in [1.82, 2.24) is 15.1 Å². The fourth-order valence-electron chi connectivity index (χ4n) is 3.30. The Hall–Kier alpha value is -0.180. The highest BCUT2D eigenvalue weighted by Gasteiger charge is 2.38. The van der Waals surface area contributed by atoms with Gasteiger partial charge in [-0.2, -0.15) is 11.8 Å². The van der Waals surface area contributed by atoms with Crippen molar-refractivity contribution in [1.29, 1.82) is 0 Å². The van der Waals surface area contributed by atoms with Gasteiger partial charge in [0.15, 0.2) is 5.96 Å². The summed E-state index contributed by atoms with van der Waals surface area (Å²) in [6, 6.07) is 0.320. The van der Waals surface area contributed by atoms with Crippen molar-refractivity contribution in [2.75, 3.05) is 39.5 Å². The van der Waals surface area contributed by atoms with Crippen LogP contribution in [-0.4, -0.2) is 71.9 Å². The Kier molecular flexibility index (Phi) is 9.19. The molecule has 1 saturated carbocycles. The summed E-state index contributed by atoms with van der Waals surface area (Å²) in [4.78, 5) is 20.5. The molecule has 1 aliphatic heterocycles. The summed E-state index contributed by atoms with van der Waals surface area (Å²) in [6.45, 7) is 6.54. The summed E-state index contributed by atoms with van der Waals surface area (Å²) < 4.78 is 0.404. The van der Waals surface area contributed by atoms with Crippen molar-refractivity contribution in [2.45, 2.75) is 56.7 Å². The van der Waals surface area contributed by atoms with Gasteiger partial charge in [0.2, 0.25) is 5.91 Å². The Labute approximate surface area is 168 Å². The number of carbonyl (C=O) groups is 1. The molecule has 0 bridgehead atoms. The second kappa shape index (κ2) is 10.1. The molecule has 0 aromatic carbocycles. The fraction of sp³-hybridized carbons (Fsp3) is 0.882. The molecular weight excluding hydrogens is 435 g/mol. The number of thioether (sulfide) groups is 1. The third-order valence-corrected chi connectivity index (χ3v) is 6.13. The lowest BCUT2D eigenvalue weighted by molar-refractivity contribution is -0.127. The van der Waals surface area contributed by atoms with Gasteiger partial charge in [-0.1, -0.05) is 19.3 Å². The van der Waals surface area contributed by atoms with Crippen LogP contribution in [0.3, 0.4) is 0 Å². The van der Waals surface area contributed by atoms with Crippen molar-refractivity contribution in [3.05, 3.63) is 0 Å². The number of nitrogens with one attached hydrogen (secondary N) is 1. The van der Waals surface area contributed by atoms with E-state index in [1.165, 1.54) is 32.1 Å². The standard InChI is InChI=1S/C17H32N4OS.HI/c1-14(2)19-16(18-12-15(22)20(3)4)21-10-11-23-17(13-21)8-6-5-7-9-17;/h14H,5-13H2,1-4H3,(H,18,19);1H. The Morgan fingerprint density at radius 2 is 1.96 bits per heavy atom. The van der Waals surface area contributed by atoms with Gasteiger partial charge < -0.3 is 15.1 Å². The number of hydrogen-bond acceptors (Lipinski definition) is 3. The zero-order valence-corrected chi connectivity index (χ0v) is 18.7. The molecule has 2 fully saturated rings. The van der Waals surface area contributed by atoms with Crippen LogP contribution >= 0.6 is 35.7 Å². The highest BCUT2D eigenvalue weighted by molar-refractivity contribution is 14.0. The topological polar surface area (TPSA) is 47.9 Å². The first-order chi connectivity index (χ1) is 10.9. The number of carbonyl (C=O) groups excluding carboxylic acids is 1. The minimum absolute atomic E-state index is 0. The number of amides is 1. The molecule has 1 spiro atoms. The molecule has 2 rings (SSSR count). The average molecular weight is 468 g/mol. The number of nitrogens with zero attached hydrogens (tertiary/aromatic N) is 3. The molecule has 0 unspecified atom stereocenters. The van der Waals surface area contributed by atoms with E-state index in [4.69, 9.17) is 0 Å². The van der Waals surface area contributed by atoms with E-state index in [0.717, 1.165) is 24.8 Å². The minimum atomic E-state index is 0. The van der Waals surface area contributed by atoms with Crippen LogP contribution in [0.4, 0.5) is 0 Å². The zero-order valence-electron chi connectivity index (χ0n) is 15.5. The quantitative estimate of drug-likeness (QED) is 0.393. The van der Waals surface area contributed by atoms with Crippen molar-refractivity contribution in [3.8, 4) is 0 Å². The van der Waals surface area contributed by atoms with Crippen molar-refractivity contribution >= 4 is 47.6 Å². The molecule has 7 heteroatoms. The minimum Gasteiger partial charge on any atom is -0.354 e. The molecule has 0 aromatic rings. The second-order valence-corrected chi connectivity index (χ2v) is 8.80. The lowest BCUT2D eigenvalue weighted by Crippen LogP contribution is -2.54. The number of hydrogen-bond donors (Lipinski definition) is 1. The molecule has 2 aliphatic rings. The maximum atomic E-state index is 11.9. The van der Waals surface area contributed by atoms with Crippen LogP contribution in [0, 0.1) is 0 Å². The predicted molar refractivity (Wildman–Crippen MR) is 115 cm³/mol. The summed E-state index contributed by atoms with van der Waals surface area (Å²) >= 11 is 2.16. The largest absolute Gasteiger partial charge is 0.354 e. The number of aliphatic imine (C=N–C) groups is 1. The van der Waals surface area contributed by atoms with Crippen LogP contribution in [0.1, 0.15) is 46.0 Å². The first-order valence-electron chi connectivity index (χ1n) is 8.82. The zero-order chi connectivity index (χ0) is 16.9. The normalized spacial score (nSPS) is 20.7. The van der Waals surface area contributed by atoms with Gasteiger partial charge in [-0.05, 0) is 26.7 Å². The van der Waals surface area contributed by atoms with E-state index in [1.54, 1.807) is 19.0 Å². The Morgan fingerprint density at radius 1 is 1.29 bits per heavy atom. The Balaban J connectivity index is 0.00000288. The highest BCUT2D eigenvalue weighted by atomic mass is 127. The number of rotatable bonds is 3. The van der Waals surface area contributed by atoms with Gasteiger partial charge in [-0.25, -0.2) is 4.99 Å². The molecule has 1 N–H and O–H groups in total. The van der Waals surface area contributed by atoms with E-state index in [1.807, 2.05) is 0 Å². The number of guanidine groups is 1. The summed E-state index contributed by atoms with van der Waals surface area (Å²) in [7, 11) is 3.56. The van der Waals surface area contributed by atoms with Crippen molar-refractivity contribution in [2.24, 2.45) is 4.99 Å². The van der Waals surface area contributed by atoms with E-state index >= 15 is 0 Å². The van der Waals surface area contributed by atoms with E-state index in [9.17, 15) is 4.79 Å². The van der Waals surface area contributed by atoms with Crippen LogP contribution in [0.2, 0.25) is 0 Å². The van der Waals surface area contributed by atoms with Crippen LogP contribution < -0.4 is 5.32 Å².